The fourth-order valence-electron chi connectivity index (χ4n) is 5.08. The predicted molar refractivity (Wildman–Crippen MR) is 157 cm³/mol. The van der Waals surface area contributed by atoms with Gasteiger partial charge in [-0.3, -0.25) is 24.3 Å². The molecule has 13 heteroatoms. The number of aromatic nitrogens is 2. The number of H-pyrrole nitrogens is 1. The molecule has 3 N–H and O–H groups in total. The molecule has 3 heterocycles. The van der Waals surface area contributed by atoms with Crippen LogP contribution in [0.25, 0.3) is 0 Å². The third-order valence-electron chi connectivity index (χ3n) is 6.87. The molecule has 2 unspecified atom stereocenters. The molecule has 3 aromatic rings. The van der Waals surface area contributed by atoms with E-state index in [4.69, 9.17) is 21.3 Å². The number of amides is 3. The number of hydrogen-bond donors (Lipinski definition) is 3. The van der Waals surface area contributed by atoms with Gasteiger partial charge in [0.05, 0.1) is 11.6 Å². The van der Waals surface area contributed by atoms with Crippen LogP contribution in [0, 0.1) is 0 Å². The minimum atomic E-state index is -1.25. The van der Waals surface area contributed by atoms with Gasteiger partial charge in [0.2, 0.25) is 5.91 Å². The molecule has 43 heavy (non-hydrogen) atoms. The van der Waals surface area contributed by atoms with E-state index in [9.17, 15) is 24.3 Å². The maximum atomic E-state index is 14.4. The number of carboxylic acid groups (broad SMARTS) is 1. The molecule has 0 radical (unpaired) electrons. The normalized spacial score (nSPS) is 18.7. The van der Waals surface area contributed by atoms with Crippen LogP contribution in [0.1, 0.15) is 66.6 Å². The second kappa shape index (κ2) is 11.9. The van der Waals surface area contributed by atoms with Crippen molar-refractivity contribution in [2.24, 2.45) is 4.99 Å². The Balaban J connectivity index is 1.69. The molecule has 2 aliphatic rings. The minimum absolute atomic E-state index is 0.130. The number of carboxylic acids is 1. The van der Waals surface area contributed by atoms with Crippen molar-refractivity contribution in [3.8, 4) is 5.75 Å². The van der Waals surface area contributed by atoms with E-state index < -0.39 is 41.9 Å². The summed E-state index contributed by atoms with van der Waals surface area (Å²) < 4.78 is 6.28. The number of benzene rings is 2. The molecule has 0 spiro atoms. The Morgan fingerprint density at radius 3 is 2.51 bits per heavy atom. The number of amidine groups is 1. The Hall–Kier alpha value is -4.71. The van der Waals surface area contributed by atoms with Crippen LogP contribution >= 0.6 is 11.6 Å². The number of nitrogens with one attached hydrogen (secondary N) is 2. The van der Waals surface area contributed by atoms with Gasteiger partial charge in [0.25, 0.3) is 0 Å². The molecular weight excluding hydrogens is 576 g/mol. The Morgan fingerprint density at radius 1 is 1.14 bits per heavy atom. The number of ether oxygens (including phenoxy) is 1. The molecule has 2 aliphatic heterocycles. The summed E-state index contributed by atoms with van der Waals surface area (Å²) in [6.45, 7) is 5.95. The van der Waals surface area contributed by atoms with Crippen LogP contribution < -0.4 is 10.1 Å². The van der Waals surface area contributed by atoms with Crippen LogP contribution in [-0.2, 0) is 9.59 Å². The van der Waals surface area contributed by atoms with Crippen molar-refractivity contribution < 1.29 is 29.0 Å². The summed E-state index contributed by atoms with van der Waals surface area (Å²) >= 11 is 6.21. The zero-order valence-electron chi connectivity index (χ0n) is 23.8. The van der Waals surface area contributed by atoms with Crippen molar-refractivity contribution in [3.05, 3.63) is 82.4 Å². The van der Waals surface area contributed by atoms with Gasteiger partial charge >= 0.3 is 12.0 Å². The molecule has 3 amide bonds. The number of ketones is 1. The fourth-order valence-corrected chi connectivity index (χ4v) is 5.20. The first-order valence-corrected chi connectivity index (χ1v) is 14.0. The lowest BCUT2D eigenvalue weighted by atomic mass is 9.98. The topological polar surface area (TPSA) is 157 Å². The van der Waals surface area contributed by atoms with Gasteiger partial charge in [-0.05, 0) is 50.6 Å². The molecule has 1 aromatic heterocycles. The van der Waals surface area contributed by atoms with Crippen LogP contribution in [0.2, 0.25) is 5.02 Å². The van der Waals surface area contributed by atoms with Crippen molar-refractivity contribution >= 4 is 41.1 Å². The number of piperazine rings is 1. The largest absolute Gasteiger partial charge is 0.487 e. The van der Waals surface area contributed by atoms with Crippen LogP contribution in [0.4, 0.5) is 4.79 Å². The SMILES string of the molecule is CC(C)(C)Oc1cc(C(=O)CC(=O)O)ccc1C1=NC(c2ncc[nH]2)C(c2ccc(Cl)cc2)N1C(=O)N1CCNC(=O)C1. The zero-order chi connectivity index (χ0) is 30.9. The number of hydrogen-bond acceptors (Lipinski definition) is 7. The van der Waals surface area contributed by atoms with Gasteiger partial charge in [0.1, 0.15) is 42.0 Å². The second-order valence-corrected chi connectivity index (χ2v) is 11.6. The number of aliphatic imine (C=N–C) groups is 1. The van der Waals surface area contributed by atoms with E-state index in [1.54, 1.807) is 30.6 Å². The van der Waals surface area contributed by atoms with E-state index in [2.05, 4.69) is 15.3 Å². The van der Waals surface area contributed by atoms with Gasteiger partial charge in [0.15, 0.2) is 5.78 Å². The van der Waals surface area contributed by atoms with E-state index in [-0.39, 0.29) is 29.6 Å². The van der Waals surface area contributed by atoms with Crippen molar-refractivity contribution in [2.45, 2.75) is 44.9 Å². The number of aromatic amines is 1. The first-order chi connectivity index (χ1) is 20.4. The van der Waals surface area contributed by atoms with Gasteiger partial charge in [-0.2, -0.15) is 0 Å². The van der Waals surface area contributed by atoms with Gasteiger partial charge in [-0.25, -0.2) is 9.78 Å². The lowest BCUT2D eigenvalue weighted by Gasteiger charge is -2.35. The highest BCUT2D eigenvalue weighted by Crippen LogP contribution is 2.44. The van der Waals surface area contributed by atoms with E-state index in [1.165, 1.54) is 21.9 Å². The number of aliphatic carboxylic acids is 1. The second-order valence-electron chi connectivity index (χ2n) is 11.2. The Labute approximate surface area is 252 Å². The Morgan fingerprint density at radius 2 is 1.88 bits per heavy atom. The number of rotatable bonds is 7. The number of urea groups is 1. The van der Waals surface area contributed by atoms with Gasteiger partial charge in [-0.15, -0.1) is 0 Å². The van der Waals surface area contributed by atoms with E-state index in [0.29, 0.717) is 29.5 Å². The average Bonchev–Trinajstić information content (AvgIpc) is 3.60. The highest BCUT2D eigenvalue weighted by molar-refractivity contribution is 6.30. The lowest BCUT2D eigenvalue weighted by Crippen LogP contribution is -2.55. The van der Waals surface area contributed by atoms with Crippen LogP contribution in [0.3, 0.4) is 0 Å². The summed E-state index contributed by atoms with van der Waals surface area (Å²) in [5.74, 6) is -1.12. The summed E-state index contributed by atoms with van der Waals surface area (Å²) in [6.07, 6.45) is 2.58. The molecule has 224 valence electrons. The van der Waals surface area contributed by atoms with Crippen LogP contribution in [0.15, 0.2) is 59.9 Å². The third kappa shape index (κ3) is 6.54. The molecule has 2 atom stereocenters. The first-order valence-electron chi connectivity index (χ1n) is 13.7. The number of nitrogens with zero attached hydrogens (tertiary/aromatic N) is 4. The quantitative estimate of drug-likeness (QED) is 0.271. The summed E-state index contributed by atoms with van der Waals surface area (Å²) in [6, 6.07) is 9.82. The number of carbonyl (C=O) groups excluding carboxylic acids is 3. The van der Waals surface area contributed by atoms with Crippen molar-refractivity contribution in [1.82, 2.24) is 25.1 Å². The Bertz CT molecular complexity index is 1580. The summed E-state index contributed by atoms with van der Waals surface area (Å²) in [5.41, 5.74) is 0.556. The average molecular weight is 607 g/mol. The molecule has 1 fully saturated rings. The van der Waals surface area contributed by atoms with Crippen molar-refractivity contribution in [3.63, 3.8) is 0 Å². The molecule has 2 aromatic carbocycles. The smallest absolute Gasteiger partial charge is 0.326 e. The fraction of sp³-hybridized carbons (Fsp3) is 0.333. The highest BCUT2D eigenvalue weighted by Gasteiger charge is 2.46. The number of carbonyl (C=O) groups is 4. The summed E-state index contributed by atoms with van der Waals surface area (Å²) in [7, 11) is 0. The van der Waals surface area contributed by atoms with Crippen molar-refractivity contribution in [1.29, 1.82) is 0 Å². The van der Waals surface area contributed by atoms with Crippen molar-refractivity contribution in [2.75, 3.05) is 19.6 Å². The minimum Gasteiger partial charge on any atom is -0.487 e. The predicted octanol–water partition coefficient (Wildman–Crippen LogP) is 3.99. The van der Waals surface area contributed by atoms with Crippen LogP contribution in [-0.4, -0.2) is 79.6 Å². The standard InChI is InChI=1S/C30H31ClN6O6/c1-30(2,3)43-22-14-18(21(38)15-24(40)41)6-9-20(22)28-35-25(27-33-10-11-34-27)26(17-4-7-19(31)8-5-17)37(28)29(42)36-13-12-32-23(39)16-36/h4-11,14,25-26H,12-13,15-16H2,1-3H3,(H,32,39)(H,33,34)(H,40,41). The monoisotopic (exact) mass is 606 g/mol. The molecule has 0 bridgehead atoms. The van der Waals surface area contributed by atoms with E-state index in [1.807, 2.05) is 32.9 Å². The van der Waals surface area contributed by atoms with Gasteiger partial charge in [0, 0.05) is 36.1 Å². The Kier molecular flexibility index (Phi) is 8.23. The van der Waals surface area contributed by atoms with Gasteiger partial charge < -0.3 is 25.0 Å². The highest BCUT2D eigenvalue weighted by atomic mass is 35.5. The zero-order valence-corrected chi connectivity index (χ0v) is 24.6. The van der Waals surface area contributed by atoms with E-state index in [0.717, 1.165) is 5.56 Å². The molecular formula is C30H31ClN6O6. The summed E-state index contributed by atoms with van der Waals surface area (Å²) in [5, 5.41) is 12.4. The van der Waals surface area contributed by atoms with Gasteiger partial charge in [-0.1, -0.05) is 29.8 Å². The molecule has 0 aliphatic carbocycles. The summed E-state index contributed by atoms with van der Waals surface area (Å²) in [4.78, 5) is 66.1. The molecule has 5 rings (SSSR count). The maximum absolute atomic E-state index is 14.4. The molecule has 0 saturated carbocycles. The first kappa shape index (κ1) is 29.8. The third-order valence-corrected chi connectivity index (χ3v) is 7.12. The number of halogens is 1. The maximum Gasteiger partial charge on any atom is 0.326 e. The number of imidazole rings is 1. The molecule has 12 nitrogen and oxygen atoms in total. The lowest BCUT2D eigenvalue weighted by molar-refractivity contribution is -0.136. The van der Waals surface area contributed by atoms with E-state index >= 15 is 0 Å². The van der Waals surface area contributed by atoms with Crippen LogP contribution in [0.5, 0.6) is 5.75 Å². The number of Topliss-reactive ketones (excluding diaryl/α,β-unsaturated/α-hetero) is 1. The molecule has 1 saturated heterocycles.